The summed E-state index contributed by atoms with van der Waals surface area (Å²) in [4.78, 5) is 0. The van der Waals surface area contributed by atoms with Crippen molar-refractivity contribution >= 4 is 11.8 Å². The van der Waals surface area contributed by atoms with Gasteiger partial charge < -0.3 is 5.32 Å². The lowest BCUT2D eigenvalue weighted by atomic mass is 10.1. The van der Waals surface area contributed by atoms with Crippen LogP contribution in [0.2, 0.25) is 0 Å². The van der Waals surface area contributed by atoms with E-state index in [2.05, 4.69) is 17.1 Å². The fraction of sp³-hybridized carbons (Fsp3) is 1.00. The molecule has 2 heteroatoms. The van der Waals surface area contributed by atoms with Crippen molar-refractivity contribution in [3.05, 3.63) is 0 Å². The fourth-order valence-corrected chi connectivity index (χ4v) is 4.10. The van der Waals surface area contributed by atoms with E-state index in [4.69, 9.17) is 0 Å². The Bertz CT molecular complexity index is 146. The molecule has 14 heavy (non-hydrogen) atoms. The second-order valence-electron chi connectivity index (χ2n) is 4.79. The molecule has 0 amide bonds. The Morgan fingerprint density at radius 1 is 0.929 bits per heavy atom. The van der Waals surface area contributed by atoms with Crippen molar-refractivity contribution in [3.8, 4) is 0 Å². The van der Waals surface area contributed by atoms with E-state index in [0.717, 1.165) is 11.2 Å². The van der Waals surface area contributed by atoms with Crippen LogP contribution in [0.4, 0.5) is 0 Å². The summed E-state index contributed by atoms with van der Waals surface area (Å²) in [7, 11) is 0. The van der Waals surface area contributed by atoms with Crippen LogP contribution in [0.15, 0.2) is 0 Å². The first kappa shape index (κ1) is 10.8. The molecule has 0 radical (unpaired) electrons. The molecular formula is C12H23NS. The molecule has 1 aliphatic carbocycles. The zero-order valence-electron chi connectivity index (χ0n) is 9.13. The minimum atomic E-state index is 0.964. The van der Waals surface area contributed by atoms with E-state index >= 15 is 0 Å². The van der Waals surface area contributed by atoms with Gasteiger partial charge in [-0.1, -0.05) is 12.8 Å². The normalized spacial score (nSPS) is 30.4. The average molecular weight is 213 g/mol. The van der Waals surface area contributed by atoms with Crippen LogP contribution in [-0.2, 0) is 0 Å². The highest BCUT2D eigenvalue weighted by Crippen LogP contribution is 2.31. The second-order valence-corrected chi connectivity index (χ2v) is 6.12. The molecule has 2 aliphatic rings. The lowest BCUT2D eigenvalue weighted by Gasteiger charge is -2.15. The van der Waals surface area contributed by atoms with E-state index in [1.165, 1.54) is 63.8 Å². The van der Waals surface area contributed by atoms with Crippen LogP contribution in [0.1, 0.15) is 44.9 Å². The van der Waals surface area contributed by atoms with Gasteiger partial charge in [-0.05, 0) is 56.9 Å². The van der Waals surface area contributed by atoms with E-state index in [9.17, 15) is 0 Å². The third-order valence-corrected chi connectivity index (χ3v) is 5.17. The number of hydrogen-bond acceptors (Lipinski definition) is 2. The van der Waals surface area contributed by atoms with E-state index in [1.807, 2.05) is 0 Å². The van der Waals surface area contributed by atoms with E-state index in [0.29, 0.717) is 0 Å². The zero-order valence-corrected chi connectivity index (χ0v) is 9.95. The minimum Gasteiger partial charge on any atom is -0.317 e. The summed E-state index contributed by atoms with van der Waals surface area (Å²) >= 11 is 2.27. The van der Waals surface area contributed by atoms with Gasteiger partial charge in [0.1, 0.15) is 0 Å². The molecule has 1 aliphatic heterocycles. The van der Waals surface area contributed by atoms with Crippen LogP contribution in [0.25, 0.3) is 0 Å². The quantitative estimate of drug-likeness (QED) is 0.773. The van der Waals surface area contributed by atoms with E-state index < -0.39 is 0 Å². The highest BCUT2D eigenvalue weighted by molar-refractivity contribution is 7.99. The Morgan fingerprint density at radius 3 is 2.64 bits per heavy atom. The molecule has 0 aromatic heterocycles. The molecular weight excluding hydrogens is 190 g/mol. The third kappa shape index (κ3) is 3.47. The summed E-state index contributed by atoms with van der Waals surface area (Å²) in [6.07, 6.45) is 10.3. The maximum Gasteiger partial charge on any atom is 0.00596 e. The van der Waals surface area contributed by atoms with Crippen LogP contribution in [0, 0.1) is 5.92 Å². The molecule has 1 heterocycles. The zero-order chi connectivity index (χ0) is 9.64. The monoisotopic (exact) mass is 213 g/mol. The molecule has 1 saturated heterocycles. The molecule has 0 bridgehead atoms. The van der Waals surface area contributed by atoms with Gasteiger partial charge in [-0.2, -0.15) is 11.8 Å². The largest absolute Gasteiger partial charge is 0.317 e. The molecule has 2 fully saturated rings. The van der Waals surface area contributed by atoms with Gasteiger partial charge in [0.25, 0.3) is 0 Å². The van der Waals surface area contributed by atoms with E-state index in [-0.39, 0.29) is 0 Å². The van der Waals surface area contributed by atoms with Crippen LogP contribution < -0.4 is 5.32 Å². The molecule has 1 N–H and O–H groups in total. The molecule has 1 nitrogen and oxygen atoms in total. The maximum atomic E-state index is 3.49. The minimum absolute atomic E-state index is 0.964. The highest BCUT2D eigenvalue weighted by atomic mass is 32.2. The molecule has 1 unspecified atom stereocenters. The third-order valence-electron chi connectivity index (χ3n) is 3.57. The summed E-state index contributed by atoms with van der Waals surface area (Å²) in [5, 5.41) is 4.46. The van der Waals surface area contributed by atoms with Crippen molar-refractivity contribution in [2.45, 2.75) is 50.2 Å². The number of thioether (sulfide) groups is 1. The van der Waals surface area contributed by atoms with Crippen molar-refractivity contribution in [2.24, 2.45) is 5.92 Å². The van der Waals surface area contributed by atoms with Gasteiger partial charge in [0, 0.05) is 5.25 Å². The van der Waals surface area contributed by atoms with Crippen LogP contribution in [0.3, 0.4) is 0 Å². The summed E-state index contributed by atoms with van der Waals surface area (Å²) in [6.45, 7) is 2.50. The van der Waals surface area contributed by atoms with Gasteiger partial charge in [0.05, 0.1) is 0 Å². The number of rotatable bonds is 3. The molecule has 2 rings (SSSR count). The molecule has 1 atom stereocenters. The molecule has 82 valence electrons. The van der Waals surface area contributed by atoms with Crippen LogP contribution in [-0.4, -0.2) is 24.1 Å². The fourth-order valence-electron chi connectivity index (χ4n) is 2.60. The summed E-state index contributed by atoms with van der Waals surface area (Å²) in [6, 6.07) is 0. The first-order chi connectivity index (χ1) is 6.95. The molecule has 0 aromatic carbocycles. The standard InChI is InChI=1S/C12H23NS/c1-2-5-11(4-1)10-14-12-6-3-8-13-9-7-12/h11-13H,1-10H2. The van der Waals surface area contributed by atoms with Gasteiger partial charge in [0.2, 0.25) is 0 Å². The number of hydrogen-bond donors (Lipinski definition) is 1. The summed E-state index contributed by atoms with van der Waals surface area (Å²) < 4.78 is 0. The Balaban J connectivity index is 1.62. The van der Waals surface area contributed by atoms with Crippen LogP contribution in [0.5, 0.6) is 0 Å². The van der Waals surface area contributed by atoms with Crippen molar-refractivity contribution in [1.82, 2.24) is 5.32 Å². The lowest BCUT2D eigenvalue weighted by Crippen LogP contribution is -2.14. The molecule has 0 aromatic rings. The van der Waals surface area contributed by atoms with Gasteiger partial charge in [-0.25, -0.2) is 0 Å². The molecule has 1 saturated carbocycles. The average Bonchev–Trinajstić information content (AvgIpc) is 2.58. The summed E-state index contributed by atoms with van der Waals surface area (Å²) in [5.74, 6) is 2.52. The van der Waals surface area contributed by atoms with Crippen molar-refractivity contribution in [1.29, 1.82) is 0 Å². The highest BCUT2D eigenvalue weighted by Gasteiger charge is 2.18. The Kier molecular flexibility index (Phi) is 4.65. The van der Waals surface area contributed by atoms with Gasteiger partial charge in [0.15, 0.2) is 0 Å². The SMILES string of the molecule is C1CCC(CSC2CCCNCC2)C1. The smallest absolute Gasteiger partial charge is 0.00596 e. The predicted octanol–water partition coefficient (Wildman–Crippen LogP) is 3.05. The van der Waals surface area contributed by atoms with Gasteiger partial charge in [-0.15, -0.1) is 0 Å². The second kappa shape index (κ2) is 6.02. The first-order valence-electron chi connectivity index (χ1n) is 6.27. The lowest BCUT2D eigenvalue weighted by molar-refractivity contribution is 0.619. The van der Waals surface area contributed by atoms with Crippen molar-refractivity contribution in [2.75, 3.05) is 18.8 Å². The Labute approximate surface area is 92.4 Å². The van der Waals surface area contributed by atoms with Gasteiger partial charge in [-0.3, -0.25) is 0 Å². The Hall–Kier alpha value is 0.310. The topological polar surface area (TPSA) is 12.0 Å². The number of nitrogens with one attached hydrogen (secondary N) is 1. The Morgan fingerprint density at radius 2 is 1.79 bits per heavy atom. The molecule has 0 spiro atoms. The van der Waals surface area contributed by atoms with E-state index in [1.54, 1.807) is 0 Å². The van der Waals surface area contributed by atoms with Crippen molar-refractivity contribution in [3.63, 3.8) is 0 Å². The summed E-state index contributed by atoms with van der Waals surface area (Å²) in [5.41, 5.74) is 0. The van der Waals surface area contributed by atoms with Crippen LogP contribution >= 0.6 is 11.8 Å². The first-order valence-corrected chi connectivity index (χ1v) is 7.32. The van der Waals surface area contributed by atoms with Crippen molar-refractivity contribution < 1.29 is 0 Å². The van der Waals surface area contributed by atoms with Gasteiger partial charge >= 0.3 is 0 Å². The maximum absolute atomic E-state index is 3.49. The predicted molar refractivity (Wildman–Crippen MR) is 64.9 cm³/mol.